The molecule has 3 aromatic carbocycles. The zero-order valence-corrected chi connectivity index (χ0v) is 17.3. The second-order valence-corrected chi connectivity index (χ2v) is 7.13. The number of methoxy groups -OCH3 is 1. The van der Waals surface area contributed by atoms with Crippen LogP contribution in [-0.2, 0) is 14.3 Å². The molecule has 1 N–H and O–H groups in total. The van der Waals surface area contributed by atoms with E-state index in [0.29, 0.717) is 35.6 Å². The fraction of sp³-hybridized carbons (Fsp3) is 0.250. The summed E-state index contributed by atoms with van der Waals surface area (Å²) in [4.78, 5) is 27.1. The Morgan fingerprint density at radius 3 is 2.39 bits per heavy atom. The van der Waals surface area contributed by atoms with E-state index >= 15 is 0 Å². The van der Waals surface area contributed by atoms with Gasteiger partial charge in [0.15, 0.2) is 6.61 Å². The van der Waals surface area contributed by atoms with Gasteiger partial charge in [0.05, 0.1) is 25.9 Å². The standard InChI is InChI=1S/C24H24N2O5/c1-29-22-11-10-21(19-4-2-3-5-20(19)22)24(28)31-16-23(27)25-17-6-8-18(9-7-17)26-12-14-30-15-13-26/h2-11H,12-16H2,1H3,(H,25,27). The van der Waals surface area contributed by atoms with Crippen molar-refractivity contribution in [1.82, 2.24) is 0 Å². The van der Waals surface area contributed by atoms with Crippen LogP contribution in [0.1, 0.15) is 10.4 Å². The maximum absolute atomic E-state index is 12.6. The van der Waals surface area contributed by atoms with Crippen LogP contribution < -0.4 is 15.0 Å². The highest BCUT2D eigenvalue weighted by molar-refractivity contribution is 6.07. The zero-order chi connectivity index (χ0) is 21.6. The number of fused-ring (bicyclic) bond motifs is 1. The quantitative estimate of drug-likeness (QED) is 0.616. The Kier molecular flexibility index (Phi) is 6.33. The van der Waals surface area contributed by atoms with Crippen molar-refractivity contribution in [2.45, 2.75) is 0 Å². The van der Waals surface area contributed by atoms with Crippen molar-refractivity contribution in [3.8, 4) is 5.75 Å². The van der Waals surface area contributed by atoms with Crippen LogP contribution in [0.4, 0.5) is 11.4 Å². The number of esters is 1. The number of rotatable bonds is 6. The van der Waals surface area contributed by atoms with Crippen molar-refractivity contribution in [3.63, 3.8) is 0 Å². The summed E-state index contributed by atoms with van der Waals surface area (Å²) in [5.41, 5.74) is 2.12. The monoisotopic (exact) mass is 420 g/mol. The van der Waals surface area contributed by atoms with E-state index in [2.05, 4.69) is 10.2 Å². The summed E-state index contributed by atoms with van der Waals surface area (Å²) in [5, 5.41) is 4.28. The first-order valence-corrected chi connectivity index (χ1v) is 10.1. The van der Waals surface area contributed by atoms with Gasteiger partial charge in [0.2, 0.25) is 0 Å². The second-order valence-electron chi connectivity index (χ2n) is 7.13. The van der Waals surface area contributed by atoms with Crippen molar-refractivity contribution in [2.75, 3.05) is 50.2 Å². The van der Waals surface area contributed by atoms with Gasteiger partial charge in [-0.05, 0) is 41.8 Å². The third-order valence-corrected chi connectivity index (χ3v) is 5.19. The number of carbonyl (C=O) groups excluding carboxylic acids is 2. The summed E-state index contributed by atoms with van der Waals surface area (Å²) >= 11 is 0. The summed E-state index contributed by atoms with van der Waals surface area (Å²) in [6, 6.07) is 18.4. The molecule has 0 radical (unpaired) electrons. The van der Waals surface area contributed by atoms with E-state index in [1.165, 1.54) is 0 Å². The van der Waals surface area contributed by atoms with Crippen molar-refractivity contribution in [2.24, 2.45) is 0 Å². The molecule has 0 unspecified atom stereocenters. The largest absolute Gasteiger partial charge is 0.496 e. The molecule has 4 rings (SSSR count). The molecule has 1 aliphatic heterocycles. The molecule has 1 fully saturated rings. The first-order chi connectivity index (χ1) is 15.2. The SMILES string of the molecule is COc1ccc(C(=O)OCC(=O)Nc2ccc(N3CCOCC3)cc2)c2ccccc12. The minimum absolute atomic E-state index is 0.371. The molecule has 31 heavy (non-hydrogen) atoms. The maximum atomic E-state index is 12.6. The summed E-state index contributed by atoms with van der Waals surface area (Å²) in [7, 11) is 1.58. The number of hydrogen-bond donors (Lipinski definition) is 1. The molecule has 0 spiro atoms. The Bertz CT molecular complexity index is 1080. The predicted octanol–water partition coefficient (Wildman–Crippen LogP) is 3.48. The predicted molar refractivity (Wildman–Crippen MR) is 119 cm³/mol. The molecule has 0 saturated carbocycles. The van der Waals surface area contributed by atoms with Crippen molar-refractivity contribution >= 4 is 34.0 Å². The molecule has 1 saturated heterocycles. The van der Waals surface area contributed by atoms with E-state index in [-0.39, 0.29) is 6.61 Å². The second kappa shape index (κ2) is 9.49. The van der Waals surface area contributed by atoms with E-state index in [1.807, 2.05) is 48.5 Å². The molecular weight excluding hydrogens is 396 g/mol. The number of hydrogen-bond acceptors (Lipinski definition) is 6. The maximum Gasteiger partial charge on any atom is 0.339 e. The van der Waals surface area contributed by atoms with Crippen LogP contribution >= 0.6 is 0 Å². The van der Waals surface area contributed by atoms with E-state index in [0.717, 1.165) is 24.2 Å². The zero-order valence-electron chi connectivity index (χ0n) is 17.3. The molecule has 7 heteroatoms. The lowest BCUT2D eigenvalue weighted by atomic mass is 10.0. The number of morpholine rings is 1. The molecule has 0 atom stereocenters. The lowest BCUT2D eigenvalue weighted by molar-refractivity contribution is -0.119. The Labute approximate surface area is 180 Å². The first kappa shape index (κ1) is 20.7. The molecule has 1 aliphatic rings. The molecular formula is C24H24N2O5. The van der Waals surface area contributed by atoms with Crippen molar-refractivity contribution in [1.29, 1.82) is 0 Å². The Morgan fingerprint density at radius 1 is 0.968 bits per heavy atom. The van der Waals surface area contributed by atoms with Gasteiger partial charge < -0.3 is 24.4 Å². The van der Waals surface area contributed by atoms with E-state index < -0.39 is 11.9 Å². The average molecular weight is 420 g/mol. The molecule has 0 aromatic heterocycles. The van der Waals surface area contributed by atoms with Crippen LogP contribution in [0.25, 0.3) is 10.8 Å². The number of nitrogens with zero attached hydrogens (tertiary/aromatic N) is 1. The molecule has 1 amide bonds. The van der Waals surface area contributed by atoms with E-state index in [4.69, 9.17) is 14.2 Å². The van der Waals surface area contributed by atoms with Gasteiger partial charge >= 0.3 is 5.97 Å². The number of ether oxygens (including phenoxy) is 3. The fourth-order valence-corrected chi connectivity index (χ4v) is 3.61. The van der Waals surface area contributed by atoms with Crippen LogP contribution in [0.15, 0.2) is 60.7 Å². The van der Waals surface area contributed by atoms with Crippen LogP contribution in [0.2, 0.25) is 0 Å². The lowest BCUT2D eigenvalue weighted by Crippen LogP contribution is -2.36. The van der Waals surface area contributed by atoms with Crippen LogP contribution in [0.5, 0.6) is 5.75 Å². The topological polar surface area (TPSA) is 77.1 Å². The van der Waals surface area contributed by atoms with E-state index in [1.54, 1.807) is 19.2 Å². The first-order valence-electron chi connectivity index (χ1n) is 10.1. The van der Waals surface area contributed by atoms with E-state index in [9.17, 15) is 9.59 Å². The van der Waals surface area contributed by atoms with Gasteiger partial charge in [-0.2, -0.15) is 0 Å². The van der Waals surface area contributed by atoms with Gasteiger partial charge in [-0.1, -0.05) is 24.3 Å². The third-order valence-electron chi connectivity index (χ3n) is 5.19. The minimum atomic E-state index is -0.559. The third kappa shape index (κ3) is 4.78. The molecule has 160 valence electrons. The van der Waals surface area contributed by atoms with Gasteiger partial charge in [0, 0.05) is 29.9 Å². The summed E-state index contributed by atoms with van der Waals surface area (Å²) in [6.07, 6.45) is 0. The molecule has 3 aromatic rings. The molecule has 0 aliphatic carbocycles. The lowest BCUT2D eigenvalue weighted by Gasteiger charge is -2.28. The number of anilines is 2. The summed E-state index contributed by atoms with van der Waals surface area (Å²) < 4.78 is 16.0. The number of benzene rings is 3. The van der Waals surface area contributed by atoms with Crippen molar-refractivity contribution in [3.05, 3.63) is 66.2 Å². The highest BCUT2D eigenvalue weighted by Gasteiger charge is 2.16. The highest BCUT2D eigenvalue weighted by atomic mass is 16.5. The number of amides is 1. The Hall–Kier alpha value is -3.58. The van der Waals surface area contributed by atoms with Crippen molar-refractivity contribution < 1.29 is 23.8 Å². The molecule has 1 heterocycles. The van der Waals surface area contributed by atoms with Gasteiger partial charge in [-0.15, -0.1) is 0 Å². The highest BCUT2D eigenvalue weighted by Crippen LogP contribution is 2.28. The van der Waals surface area contributed by atoms with Crippen LogP contribution in [0.3, 0.4) is 0 Å². The fourth-order valence-electron chi connectivity index (χ4n) is 3.61. The van der Waals surface area contributed by atoms with Gasteiger partial charge in [0.1, 0.15) is 5.75 Å². The van der Waals surface area contributed by atoms with Crippen LogP contribution in [-0.4, -0.2) is 51.9 Å². The minimum Gasteiger partial charge on any atom is -0.496 e. The van der Waals surface area contributed by atoms with Crippen LogP contribution in [0, 0.1) is 0 Å². The Morgan fingerprint density at radius 2 is 1.68 bits per heavy atom. The normalized spacial score (nSPS) is 13.6. The van der Waals surface area contributed by atoms with Gasteiger partial charge in [-0.3, -0.25) is 4.79 Å². The average Bonchev–Trinajstić information content (AvgIpc) is 2.83. The number of nitrogens with one attached hydrogen (secondary N) is 1. The smallest absolute Gasteiger partial charge is 0.339 e. The number of carbonyl (C=O) groups is 2. The molecule has 0 bridgehead atoms. The summed E-state index contributed by atoms with van der Waals surface area (Å²) in [5.74, 6) is -0.285. The van der Waals surface area contributed by atoms with Gasteiger partial charge in [0.25, 0.3) is 5.91 Å². The Balaban J connectivity index is 1.36. The summed E-state index contributed by atoms with van der Waals surface area (Å²) in [6.45, 7) is 2.76. The molecule has 7 nitrogen and oxygen atoms in total. The van der Waals surface area contributed by atoms with Gasteiger partial charge in [-0.25, -0.2) is 4.79 Å².